The minimum Gasteiger partial charge on any atom is -0.444 e. The predicted octanol–water partition coefficient (Wildman–Crippen LogP) is 2.26. The Balaban J connectivity index is 2.25. The zero-order chi connectivity index (χ0) is 20.2. The average molecular weight is 381 g/mol. The van der Waals surface area contributed by atoms with Gasteiger partial charge >= 0.3 is 6.09 Å². The summed E-state index contributed by atoms with van der Waals surface area (Å²) in [6, 6.07) is 3.49. The van der Waals surface area contributed by atoms with Crippen molar-refractivity contribution in [2.45, 2.75) is 45.3 Å². The molecule has 2 rings (SSSR count). The molecule has 27 heavy (non-hydrogen) atoms. The summed E-state index contributed by atoms with van der Waals surface area (Å²) in [4.78, 5) is 27.0. The summed E-state index contributed by atoms with van der Waals surface area (Å²) in [6.07, 6.45) is -0.697. The number of anilines is 1. The maximum Gasteiger partial charge on any atom is 0.408 e. The van der Waals surface area contributed by atoms with E-state index in [0.717, 1.165) is 0 Å². The van der Waals surface area contributed by atoms with Crippen molar-refractivity contribution in [3.05, 3.63) is 29.6 Å². The summed E-state index contributed by atoms with van der Waals surface area (Å²) >= 11 is 0. The molecule has 7 nitrogen and oxygen atoms in total. The number of nitrogens with zero attached hydrogens (tertiary/aromatic N) is 1. The number of nitrogens with one attached hydrogen (secondary N) is 1. The molecule has 2 atom stereocenters. The van der Waals surface area contributed by atoms with Crippen LogP contribution in [0, 0.1) is 5.82 Å². The van der Waals surface area contributed by atoms with Crippen LogP contribution in [0.15, 0.2) is 18.2 Å². The van der Waals surface area contributed by atoms with E-state index in [4.69, 9.17) is 15.2 Å². The molecule has 1 aromatic carbocycles. The van der Waals surface area contributed by atoms with Crippen molar-refractivity contribution in [2.75, 3.05) is 32.0 Å². The first kappa shape index (κ1) is 21.0. The van der Waals surface area contributed by atoms with Gasteiger partial charge in [0.05, 0.1) is 18.9 Å². The molecule has 0 spiro atoms. The molecule has 1 aliphatic rings. The van der Waals surface area contributed by atoms with Gasteiger partial charge < -0.3 is 25.4 Å². The first-order valence-electron chi connectivity index (χ1n) is 8.99. The van der Waals surface area contributed by atoms with Gasteiger partial charge in [0.1, 0.15) is 17.5 Å². The van der Waals surface area contributed by atoms with Gasteiger partial charge in [0.2, 0.25) is 5.91 Å². The molecule has 1 aromatic rings. The van der Waals surface area contributed by atoms with Crippen molar-refractivity contribution in [2.24, 2.45) is 0 Å². The summed E-state index contributed by atoms with van der Waals surface area (Å²) in [5.41, 5.74) is 5.43. The van der Waals surface area contributed by atoms with Crippen LogP contribution in [-0.2, 0) is 14.3 Å². The molecule has 0 saturated carbocycles. The van der Waals surface area contributed by atoms with Crippen LogP contribution in [0.2, 0.25) is 0 Å². The number of alkyl carbamates (subject to hydrolysis) is 1. The van der Waals surface area contributed by atoms with Crippen molar-refractivity contribution in [3.8, 4) is 0 Å². The molecule has 8 heteroatoms. The number of amides is 2. The van der Waals surface area contributed by atoms with Gasteiger partial charge in [-0.2, -0.15) is 0 Å². The predicted molar refractivity (Wildman–Crippen MR) is 99.8 cm³/mol. The average Bonchev–Trinajstić information content (AvgIpc) is 2.60. The number of nitrogens with two attached hydrogens (primary N) is 1. The molecule has 2 amide bonds. The Morgan fingerprint density at radius 2 is 1.93 bits per heavy atom. The number of carbonyl (C=O) groups is 2. The van der Waals surface area contributed by atoms with Gasteiger partial charge in [-0.15, -0.1) is 0 Å². The standard InChI is InChI=1S/C19H28FN3O4/c1-12(13-5-6-15(21)14(20)11-13)16(22-18(25)27-19(2,3)4)17(24)23-7-9-26-10-8-23/h5-6,11-12,16H,7-10,21H2,1-4H3,(H,22,25). The van der Waals surface area contributed by atoms with Crippen molar-refractivity contribution >= 4 is 17.7 Å². The number of ether oxygens (including phenoxy) is 2. The second-order valence-corrected chi connectivity index (χ2v) is 7.63. The van der Waals surface area contributed by atoms with E-state index in [9.17, 15) is 14.0 Å². The molecular formula is C19H28FN3O4. The fourth-order valence-corrected chi connectivity index (χ4v) is 2.83. The van der Waals surface area contributed by atoms with E-state index in [0.29, 0.717) is 31.9 Å². The van der Waals surface area contributed by atoms with Crippen LogP contribution in [0.5, 0.6) is 0 Å². The summed E-state index contributed by atoms with van der Waals surface area (Å²) in [5, 5.41) is 2.66. The van der Waals surface area contributed by atoms with E-state index in [-0.39, 0.29) is 11.6 Å². The quantitative estimate of drug-likeness (QED) is 0.781. The molecule has 1 fully saturated rings. The molecule has 0 aromatic heterocycles. The third kappa shape index (κ3) is 5.82. The number of morpholine rings is 1. The third-order valence-corrected chi connectivity index (χ3v) is 4.31. The lowest BCUT2D eigenvalue weighted by Crippen LogP contribution is -2.54. The Morgan fingerprint density at radius 1 is 1.30 bits per heavy atom. The van der Waals surface area contributed by atoms with E-state index in [1.807, 2.05) is 0 Å². The molecule has 2 unspecified atom stereocenters. The van der Waals surface area contributed by atoms with Gasteiger partial charge in [-0.25, -0.2) is 9.18 Å². The van der Waals surface area contributed by atoms with E-state index in [2.05, 4.69) is 5.32 Å². The molecule has 0 radical (unpaired) electrons. The Bertz CT molecular complexity index is 684. The minimum atomic E-state index is -0.902. The Kier molecular flexibility index (Phi) is 6.64. The molecular weight excluding hydrogens is 353 g/mol. The lowest BCUT2D eigenvalue weighted by Gasteiger charge is -2.33. The fourth-order valence-electron chi connectivity index (χ4n) is 2.83. The summed E-state index contributed by atoms with van der Waals surface area (Å²) in [5.74, 6) is -1.30. The third-order valence-electron chi connectivity index (χ3n) is 4.31. The zero-order valence-corrected chi connectivity index (χ0v) is 16.3. The topological polar surface area (TPSA) is 93.9 Å². The smallest absolute Gasteiger partial charge is 0.408 e. The van der Waals surface area contributed by atoms with Crippen LogP contribution >= 0.6 is 0 Å². The van der Waals surface area contributed by atoms with Crippen LogP contribution in [0.25, 0.3) is 0 Å². The number of hydrogen-bond donors (Lipinski definition) is 2. The molecule has 1 saturated heterocycles. The summed E-state index contributed by atoms with van der Waals surface area (Å²) in [6.45, 7) is 8.73. The first-order chi connectivity index (χ1) is 12.6. The second-order valence-electron chi connectivity index (χ2n) is 7.63. The number of benzene rings is 1. The Labute approximate surface area is 159 Å². The number of nitrogen functional groups attached to an aromatic ring is 1. The van der Waals surface area contributed by atoms with Crippen molar-refractivity contribution in [1.82, 2.24) is 10.2 Å². The minimum absolute atomic E-state index is 0.0297. The lowest BCUT2D eigenvalue weighted by atomic mass is 9.92. The van der Waals surface area contributed by atoms with E-state index >= 15 is 0 Å². The molecule has 1 heterocycles. The fraction of sp³-hybridized carbons (Fsp3) is 0.579. The molecule has 0 aliphatic carbocycles. The highest BCUT2D eigenvalue weighted by Crippen LogP contribution is 2.24. The monoisotopic (exact) mass is 381 g/mol. The highest BCUT2D eigenvalue weighted by molar-refractivity contribution is 5.87. The van der Waals surface area contributed by atoms with Crippen molar-refractivity contribution < 1.29 is 23.5 Å². The van der Waals surface area contributed by atoms with Gasteiger partial charge in [-0.3, -0.25) is 4.79 Å². The molecule has 0 bridgehead atoms. The van der Waals surface area contributed by atoms with Crippen LogP contribution in [-0.4, -0.2) is 54.8 Å². The lowest BCUT2D eigenvalue weighted by molar-refractivity contribution is -0.138. The van der Waals surface area contributed by atoms with Gasteiger partial charge in [0.15, 0.2) is 0 Å². The number of carbonyl (C=O) groups excluding carboxylic acids is 2. The highest BCUT2D eigenvalue weighted by atomic mass is 19.1. The molecule has 3 N–H and O–H groups in total. The molecule has 150 valence electrons. The molecule has 1 aliphatic heterocycles. The van der Waals surface area contributed by atoms with Gasteiger partial charge in [0.25, 0.3) is 0 Å². The largest absolute Gasteiger partial charge is 0.444 e. The number of rotatable bonds is 4. The summed E-state index contributed by atoms with van der Waals surface area (Å²) in [7, 11) is 0. The number of halogens is 1. The van der Waals surface area contributed by atoms with Gasteiger partial charge in [-0.1, -0.05) is 13.0 Å². The summed E-state index contributed by atoms with van der Waals surface area (Å²) < 4.78 is 24.5. The van der Waals surface area contributed by atoms with Crippen molar-refractivity contribution in [3.63, 3.8) is 0 Å². The van der Waals surface area contributed by atoms with Crippen LogP contribution in [0.1, 0.15) is 39.2 Å². The van der Waals surface area contributed by atoms with E-state index in [1.54, 1.807) is 38.7 Å². The second kappa shape index (κ2) is 8.56. The van der Waals surface area contributed by atoms with Crippen LogP contribution < -0.4 is 11.1 Å². The first-order valence-corrected chi connectivity index (χ1v) is 8.99. The maximum absolute atomic E-state index is 13.9. The van der Waals surface area contributed by atoms with Crippen LogP contribution in [0.4, 0.5) is 14.9 Å². The number of hydrogen-bond acceptors (Lipinski definition) is 5. The SMILES string of the molecule is CC(c1ccc(N)c(F)c1)C(NC(=O)OC(C)(C)C)C(=O)N1CCOCC1. The normalized spacial score (nSPS) is 17.1. The zero-order valence-electron chi connectivity index (χ0n) is 16.3. The Morgan fingerprint density at radius 3 is 2.48 bits per heavy atom. The Hall–Kier alpha value is -2.35. The van der Waals surface area contributed by atoms with Gasteiger partial charge in [0, 0.05) is 19.0 Å². The van der Waals surface area contributed by atoms with E-state index < -0.39 is 29.5 Å². The van der Waals surface area contributed by atoms with E-state index in [1.165, 1.54) is 12.1 Å². The van der Waals surface area contributed by atoms with Crippen LogP contribution in [0.3, 0.4) is 0 Å². The van der Waals surface area contributed by atoms with Crippen molar-refractivity contribution in [1.29, 1.82) is 0 Å². The van der Waals surface area contributed by atoms with Gasteiger partial charge in [-0.05, 0) is 38.5 Å². The maximum atomic E-state index is 13.9. The highest BCUT2D eigenvalue weighted by Gasteiger charge is 2.34.